The molecule has 3 rings (SSSR count). The van der Waals surface area contributed by atoms with Gasteiger partial charge in [0.2, 0.25) is 0 Å². The second-order valence-electron chi connectivity index (χ2n) is 6.15. The van der Waals surface area contributed by atoms with Crippen LogP contribution in [0.15, 0.2) is 54.9 Å². The van der Waals surface area contributed by atoms with E-state index in [1.54, 1.807) is 26.4 Å². The largest absolute Gasteiger partial charge is 0.497 e. The minimum Gasteiger partial charge on any atom is -0.497 e. The van der Waals surface area contributed by atoms with Gasteiger partial charge in [0.1, 0.15) is 29.3 Å². The van der Waals surface area contributed by atoms with Crippen LogP contribution < -0.4 is 20.1 Å². The lowest BCUT2D eigenvalue weighted by atomic mass is 10.1. The van der Waals surface area contributed by atoms with Crippen LogP contribution in [0.4, 0.5) is 11.5 Å². The minimum atomic E-state index is -0.270. The van der Waals surface area contributed by atoms with E-state index in [0.29, 0.717) is 29.5 Å². The van der Waals surface area contributed by atoms with E-state index >= 15 is 0 Å². The van der Waals surface area contributed by atoms with Crippen molar-refractivity contribution in [1.82, 2.24) is 15.3 Å². The van der Waals surface area contributed by atoms with Crippen molar-refractivity contribution in [1.29, 1.82) is 0 Å². The molecule has 0 bridgehead atoms. The van der Waals surface area contributed by atoms with Crippen LogP contribution in [0.5, 0.6) is 11.5 Å². The van der Waals surface area contributed by atoms with Gasteiger partial charge < -0.3 is 20.1 Å². The standard InChI is InChI=1S/C21H22N4O3/c1-14-5-4-6-15(9-14)12-22-21(26)18-11-20(24-13-23-18)25-17-8-7-16(27-2)10-19(17)28-3/h4-11,13H,12H2,1-3H3,(H,22,26)(H,23,24,25). The highest BCUT2D eigenvalue weighted by molar-refractivity contribution is 5.93. The summed E-state index contributed by atoms with van der Waals surface area (Å²) in [4.78, 5) is 20.7. The Morgan fingerprint density at radius 1 is 1.04 bits per heavy atom. The predicted molar refractivity (Wildman–Crippen MR) is 107 cm³/mol. The summed E-state index contributed by atoms with van der Waals surface area (Å²) in [6.45, 7) is 2.45. The lowest BCUT2D eigenvalue weighted by Crippen LogP contribution is -2.24. The van der Waals surface area contributed by atoms with Crippen molar-refractivity contribution in [2.75, 3.05) is 19.5 Å². The van der Waals surface area contributed by atoms with Crippen molar-refractivity contribution in [2.45, 2.75) is 13.5 Å². The van der Waals surface area contributed by atoms with E-state index < -0.39 is 0 Å². The Hall–Kier alpha value is -3.61. The molecule has 2 aromatic carbocycles. The molecule has 0 aliphatic heterocycles. The van der Waals surface area contributed by atoms with Gasteiger partial charge in [-0.15, -0.1) is 0 Å². The number of carbonyl (C=O) groups is 1. The smallest absolute Gasteiger partial charge is 0.270 e. The molecule has 2 N–H and O–H groups in total. The molecule has 1 heterocycles. The van der Waals surface area contributed by atoms with Gasteiger partial charge in [-0.05, 0) is 24.6 Å². The van der Waals surface area contributed by atoms with Gasteiger partial charge in [0.25, 0.3) is 5.91 Å². The molecule has 7 nitrogen and oxygen atoms in total. The van der Waals surface area contributed by atoms with Crippen LogP contribution in [0.25, 0.3) is 0 Å². The molecule has 0 atom stereocenters. The molecular weight excluding hydrogens is 356 g/mol. The number of benzene rings is 2. The van der Waals surface area contributed by atoms with Gasteiger partial charge in [-0.3, -0.25) is 4.79 Å². The molecule has 1 amide bonds. The number of methoxy groups -OCH3 is 2. The summed E-state index contributed by atoms with van der Waals surface area (Å²) in [6, 6.07) is 15.0. The van der Waals surface area contributed by atoms with Crippen LogP contribution in [-0.2, 0) is 6.54 Å². The third-order valence-corrected chi connectivity index (χ3v) is 4.11. The number of rotatable bonds is 7. The van der Waals surface area contributed by atoms with Gasteiger partial charge in [0.05, 0.1) is 19.9 Å². The van der Waals surface area contributed by atoms with E-state index in [4.69, 9.17) is 9.47 Å². The summed E-state index contributed by atoms with van der Waals surface area (Å²) in [5.41, 5.74) is 3.16. The fourth-order valence-corrected chi connectivity index (χ4v) is 2.68. The van der Waals surface area contributed by atoms with Gasteiger partial charge in [0.15, 0.2) is 0 Å². The first-order chi connectivity index (χ1) is 13.6. The Morgan fingerprint density at radius 2 is 1.89 bits per heavy atom. The van der Waals surface area contributed by atoms with Gasteiger partial charge in [-0.2, -0.15) is 0 Å². The first kappa shape index (κ1) is 19.2. The molecule has 0 aliphatic rings. The molecule has 0 unspecified atom stereocenters. The zero-order valence-electron chi connectivity index (χ0n) is 16.0. The van der Waals surface area contributed by atoms with E-state index in [-0.39, 0.29) is 11.6 Å². The minimum absolute atomic E-state index is 0.270. The number of hydrogen-bond donors (Lipinski definition) is 2. The van der Waals surface area contributed by atoms with E-state index in [0.717, 1.165) is 11.1 Å². The highest BCUT2D eigenvalue weighted by Crippen LogP contribution is 2.30. The van der Waals surface area contributed by atoms with Gasteiger partial charge in [-0.25, -0.2) is 9.97 Å². The number of amides is 1. The van der Waals surface area contributed by atoms with Crippen LogP contribution in [0.3, 0.4) is 0 Å². The predicted octanol–water partition coefficient (Wildman–Crippen LogP) is 3.48. The maximum absolute atomic E-state index is 12.4. The average molecular weight is 378 g/mol. The Bertz CT molecular complexity index is 975. The summed E-state index contributed by atoms with van der Waals surface area (Å²) in [5.74, 6) is 1.50. The number of aryl methyl sites for hydroxylation is 1. The van der Waals surface area contributed by atoms with E-state index in [9.17, 15) is 4.79 Å². The first-order valence-electron chi connectivity index (χ1n) is 8.74. The normalized spacial score (nSPS) is 10.2. The number of aromatic nitrogens is 2. The molecule has 0 fully saturated rings. The molecule has 0 spiro atoms. The third kappa shape index (κ3) is 4.76. The molecule has 0 radical (unpaired) electrons. The summed E-state index contributed by atoms with van der Waals surface area (Å²) < 4.78 is 10.6. The Balaban J connectivity index is 1.70. The monoisotopic (exact) mass is 378 g/mol. The lowest BCUT2D eigenvalue weighted by molar-refractivity contribution is 0.0946. The van der Waals surface area contributed by atoms with Crippen LogP contribution in [0, 0.1) is 6.92 Å². The molecule has 3 aromatic rings. The van der Waals surface area contributed by atoms with Crippen molar-refractivity contribution in [3.05, 3.63) is 71.7 Å². The summed E-state index contributed by atoms with van der Waals surface area (Å²) in [7, 11) is 3.16. The molecule has 144 valence electrons. The highest BCUT2D eigenvalue weighted by Gasteiger charge is 2.11. The molecule has 7 heteroatoms. The number of nitrogens with one attached hydrogen (secondary N) is 2. The lowest BCUT2D eigenvalue weighted by Gasteiger charge is -2.12. The maximum Gasteiger partial charge on any atom is 0.270 e. The topological polar surface area (TPSA) is 85.4 Å². The summed E-state index contributed by atoms with van der Waals surface area (Å²) in [6.07, 6.45) is 1.35. The number of hydrogen-bond acceptors (Lipinski definition) is 6. The highest BCUT2D eigenvalue weighted by atomic mass is 16.5. The fourth-order valence-electron chi connectivity index (χ4n) is 2.68. The fraction of sp³-hybridized carbons (Fsp3) is 0.190. The Morgan fingerprint density at radius 3 is 2.64 bits per heavy atom. The average Bonchev–Trinajstić information content (AvgIpc) is 2.72. The molecule has 0 saturated carbocycles. The maximum atomic E-state index is 12.4. The van der Waals surface area contributed by atoms with Crippen molar-refractivity contribution >= 4 is 17.4 Å². The number of anilines is 2. The molecule has 0 saturated heterocycles. The summed E-state index contributed by atoms with van der Waals surface area (Å²) in [5, 5.41) is 6.01. The number of nitrogens with zero attached hydrogens (tertiary/aromatic N) is 2. The van der Waals surface area contributed by atoms with Crippen LogP contribution in [0.1, 0.15) is 21.6 Å². The second-order valence-corrected chi connectivity index (χ2v) is 6.15. The van der Waals surface area contributed by atoms with E-state index in [1.807, 2.05) is 43.3 Å². The zero-order chi connectivity index (χ0) is 19.9. The first-order valence-corrected chi connectivity index (χ1v) is 8.74. The molecule has 1 aromatic heterocycles. The molecular formula is C21H22N4O3. The SMILES string of the molecule is COc1ccc(Nc2cc(C(=O)NCc3cccc(C)c3)ncn2)c(OC)c1. The quantitative estimate of drug-likeness (QED) is 0.655. The van der Waals surface area contributed by atoms with Crippen LogP contribution in [0.2, 0.25) is 0 Å². The van der Waals surface area contributed by atoms with E-state index in [2.05, 4.69) is 20.6 Å². The Labute approximate surface area is 163 Å². The zero-order valence-corrected chi connectivity index (χ0v) is 16.0. The van der Waals surface area contributed by atoms with Crippen molar-refractivity contribution < 1.29 is 14.3 Å². The second kappa shape index (κ2) is 8.85. The van der Waals surface area contributed by atoms with Gasteiger partial charge in [-0.1, -0.05) is 29.8 Å². The van der Waals surface area contributed by atoms with Crippen molar-refractivity contribution in [3.63, 3.8) is 0 Å². The van der Waals surface area contributed by atoms with Crippen LogP contribution in [-0.4, -0.2) is 30.1 Å². The third-order valence-electron chi connectivity index (χ3n) is 4.11. The molecule has 28 heavy (non-hydrogen) atoms. The van der Waals surface area contributed by atoms with Gasteiger partial charge in [0, 0.05) is 18.7 Å². The number of ether oxygens (including phenoxy) is 2. The van der Waals surface area contributed by atoms with Crippen molar-refractivity contribution in [3.8, 4) is 11.5 Å². The Kier molecular flexibility index (Phi) is 6.06. The molecule has 0 aliphatic carbocycles. The summed E-state index contributed by atoms with van der Waals surface area (Å²) >= 11 is 0. The number of carbonyl (C=O) groups excluding carboxylic acids is 1. The van der Waals surface area contributed by atoms with Crippen molar-refractivity contribution in [2.24, 2.45) is 0 Å². The van der Waals surface area contributed by atoms with Crippen LogP contribution >= 0.6 is 0 Å². The van der Waals surface area contributed by atoms with Gasteiger partial charge >= 0.3 is 0 Å². The van der Waals surface area contributed by atoms with E-state index in [1.165, 1.54) is 6.33 Å².